The van der Waals surface area contributed by atoms with Crippen molar-refractivity contribution in [2.45, 2.75) is 38.4 Å². The fourth-order valence-electron chi connectivity index (χ4n) is 1.96. The van der Waals surface area contributed by atoms with Crippen LogP contribution in [0.2, 0.25) is 0 Å². The average Bonchev–Trinajstić information content (AvgIpc) is 2.83. The number of piperidine rings is 1. The molecule has 0 saturated carbocycles. The minimum absolute atomic E-state index is 0.0638. The molecule has 0 bridgehead atoms. The fraction of sp³-hybridized carbons (Fsp3) is 0.727. The number of carbonyl (C=O) groups is 1. The topological polar surface area (TPSA) is 92.1 Å². The molecule has 1 atom stereocenters. The SMILES string of the molecule is O=C1NCCCC1NCc1cn(CCCO)nn1. The van der Waals surface area contributed by atoms with Crippen LogP contribution in [0.3, 0.4) is 0 Å². The Morgan fingerprint density at radius 2 is 2.50 bits per heavy atom. The number of hydrogen-bond donors (Lipinski definition) is 3. The molecule has 2 rings (SSSR count). The number of amides is 1. The molecule has 7 heteroatoms. The number of aliphatic hydroxyl groups excluding tert-OH is 1. The number of aryl methyl sites for hydroxylation is 1. The van der Waals surface area contributed by atoms with Gasteiger partial charge >= 0.3 is 0 Å². The molecule has 7 nitrogen and oxygen atoms in total. The minimum Gasteiger partial charge on any atom is -0.396 e. The molecule has 3 N–H and O–H groups in total. The normalized spacial score (nSPS) is 19.8. The number of nitrogens with zero attached hydrogens (tertiary/aromatic N) is 3. The highest BCUT2D eigenvalue weighted by atomic mass is 16.3. The second-order valence-corrected chi connectivity index (χ2v) is 4.42. The van der Waals surface area contributed by atoms with Crippen LogP contribution < -0.4 is 10.6 Å². The van der Waals surface area contributed by atoms with Gasteiger partial charge in [0.1, 0.15) is 0 Å². The van der Waals surface area contributed by atoms with E-state index < -0.39 is 0 Å². The van der Waals surface area contributed by atoms with Gasteiger partial charge in [0.15, 0.2) is 0 Å². The standard InChI is InChI=1S/C11H19N5O2/c17-6-2-5-16-8-9(14-15-16)7-13-10-3-1-4-12-11(10)18/h8,10,13,17H,1-7H2,(H,12,18). The van der Waals surface area contributed by atoms with E-state index in [2.05, 4.69) is 20.9 Å². The van der Waals surface area contributed by atoms with Crippen LogP contribution in [0.15, 0.2) is 6.20 Å². The molecule has 1 unspecified atom stereocenters. The van der Waals surface area contributed by atoms with E-state index in [1.54, 1.807) is 4.68 Å². The Morgan fingerprint density at radius 3 is 3.28 bits per heavy atom. The summed E-state index contributed by atoms with van der Waals surface area (Å²) >= 11 is 0. The van der Waals surface area contributed by atoms with Crippen molar-refractivity contribution in [3.63, 3.8) is 0 Å². The minimum atomic E-state index is -0.124. The van der Waals surface area contributed by atoms with Crippen LogP contribution in [0.1, 0.15) is 25.0 Å². The Kier molecular flexibility index (Phi) is 4.66. The van der Waals surface area contributed by atoms with Gasteiger partial charge in [-0.25, -0.2) is 0 Å². The Morgan fingerprint density at radius 1 is 1.61 bits per heavy atom. The van der Waals surface area contributed by atoms with E-state index in [-0.39, 0.29) is 18.6 Å². The Hall–Kier alpha value is -1.47. The Balaban J connectivity index is 1.78. The lowest BCUT2D eigenvalue weighted by Gasteiger charge is -2.22. The first kappa shape index (κ1) is 13.0. The predicted octanol–water partition coefficient (Wildman–Crippen LogP) is -0.971. The maximum Gasteiger partial charge on any atom is 0.237 e. The number of nitrogens with one attached hydrogen (secondary N) is 2. The van der Waals surface area contributed by atoms with Gasteiger partial charge in [0.2, 0.25) is 5.91 Å². The van der Waals surface area contributed by atoms with Gasteiger partial charge in [-0.1, -0.05) is 5.21 Å². The highest BCUT2D eigenvalue weighted by molar-refractivity contribution is 5.82. The molecule has 0 radical (unpaired) electrons. The lowest BCUT2D eigenvalue weighted by Crippen LogP contribution is -2.47. The largest absolute Gasteiger partial charge is 0.396 e. The molecule has 1 aliphatic heterocycles. The van der Waals surface area contributed by atoms with Crippen molar-refractivity contribution < 1.29 is 9.90 Å². The van der Waals surface area contributed by atoms with Crippen molar-refractivity contribution in [2.24, 2.45) is 0 Å². The van der Waals surface area contributed by atoms with Gasteiger partial charge < -0.3 is 15.7 Å². The monoisotopic (exact) mass is 253 g/mol. The summed E-state index contributed by atoms with van der Waals surface area (Å²) in [6, 6.07) is -0.124. The van der Waals surface area contributed by atoms with Crippen molar-refractivity contribution in [3.05, 3.63) is 11.9 Å². The molecule has 1 aliphatic rings. The second kappa shape index (κ2) is 6.46. The smallest absolute Gasteiger partial charge is 0.237 e. The summed E-state index contributed by atoms with van der Waals surface area (Å²) in [5.41, 5.74) is 0.811. The van der Waals surface area contributed by atoms with E-state index in [1.165, 1.54) is 0 Å². The van der Waals surface area contributed by atoms with E-state index in [0.717, 1.165) is 25.1 Å². The zero-order chi connectivity index (χ0) is 12.8. The van der Waals surface area contributed by atoms with Gasteiger partial charge in [0.25, 0.3) is 0 Å². The number of aromatic nitrogens is 3. The lowest BCUT2D eigenvalue weighted by molar-refractivity contribution is -0.124. The van der Waals surface area contributed by atoms with Gasteiger partial charge in [-0.3, -0.25) is 9.48 Å². The van der Waals surface area contributed by atoms with Crippen molar-refractivity contribution in [1.29, 1.82) is 0 Å². The van der Waals surface area contributed by atoms with Gasteiger partial charge in [0, 0.05) is 32.4 Å². The first-order valence-corrected chi connectivity index (χ1v) is 6.30. The Labute approximate surface area is 106 Å². The summed E-state index contributed by atoms with van der Waals surface area (Å²) in [4.78, 5) is 11.5. The van der Waals surface area contributed by atoms with E-state index in [0.29, 0.717) is 19.5 Å². The number of rotatable bonds is 6. The summed E-state index contributed by atoms with van der Waals surface area (Å²) < 4.78 is 1.70. The summed E-state index contributed by atoms with van der Waals surface area (Å²) in [7, 11) is 0. The van der Waals surface area contributed by atoms with E-state index in [1.807, 2.05) is 6.20 Å². The van der Waals surface area contributed by atoms with E-state index >= 15 is 0 Å². The van der Waals surface area contributed by atoms with Crippen LogP contribution in [-0.2, 0) is 17.9 Å². The van der Waals surface area contributed by atoms with Gasteiger partial charge in [-0.2, -0.15) is 0 Å². The quantitative estimate of drug-likeness (QED) is 0.606. The summed E-state index contributed by atoms with van der Waals surface area (Å²) in [5, 5.41) is 22.7. The maximum atomic E-state index is 11.5. The zero-order valence-corrected chi connectivity index (χ0v) is 10.3. The lowest BCUT2D eigenvalue weighted by atomic mass is 10.1. The third-order valence-electron chi connectivity index (χ3n) is 2.95. The molecule has 1 amide bonds. The first-order valence-electron chi connectivity index (χ1n) is 6.30. The third-order valence-corrected chi connectivity index (χ3v) is 2.95. The van der Waals surface area contributed by atoms with Crippen LogP contribution >= 0.6 is 0 Å². The number of carbonyl (C=O) groups excluding carboxylic acids is 1. The van der Waals surface area contributed by atoms with Crippen molar-refractivity contribution >= 4 is 5.91 Å². The van der Waals surface area contributed by atoms with Crippen molar-refractivity contribution in [3.8, 4) is 0 Å². The molecule has 1 aromatic heterocycles. The molecule has 1 fully saturated rings. The third kappa shape index (κ3) is 3.51. The van der Waals surface area contributed by atoms with Crippen molar-refractivity contribution in [1.82, 2.24) is 25.6 Å². The molecule has 1 saturated heterocycles. The van der Waals surface area contributed by atoms with Crippen molar-refractivity contribution in [2.75, 3.05) is 13.2 Å². The molecule has 0 spiro atoms. The average molecular weight is 253 g/mol. The first-order chi connectivity index (χ1) is 8.79. The van der Waals surface area contributed by atoms with Crippen LogP contribution in [0.5, 0.6) is 0 Å². The molecule has 0 aromatic carbocycles. The maximum absolute atomic E-state index is 11.5. The van der Waals surface area contributed by atoms with E-state index in [9.17, 15) is 4.79 Å². The molecule has 1 aromatic rings. The van der Waals surface area contributed by atoms with Gasteiger partial charge in [0.05, 0.1) is 11.7 Å². The molecule has 100 valence electrons. The van der Waals surface area contributed by atoms with E-state index in [4.69, 9.17) is 5.11 Å². The van der Waals surface area contributed by atoms with Gasteiger partial charge in [-0.05, 0) is 19.3 Å². The predicted molar refractivity (Wildman–Crippen MR) is 64.6 cm³/mol. The highest BCUT2D eigenvalue weighted by Gasteiger charge is 2.21. The van der Waals surface area contributed by atoms with Crippen LogP contribution in [-0.4, -0.2) is 45.2 Å². The molecule has 0 aliphatic carbocycles. The number of hydrogen-bond acceptors (Lipinski definition) is 5. The zero-order valence-electron chi connectivity index (χ0n) is 10.3. The summed E-state index contributed by atoms with van der Waals surface area (Å²) in [6.45, 7) is 2.12. The molecular formula is C11H19N5O2. The molecular weight excluding hydrogens is 234 g/mol. The highest BCUT2D eigenvalue weighted by Crippen LogP contribution is 2.04. The Bertz CT molecular complexity index is 393. The molecule has 2 heterocycles. The number of aliphatic hydroxyl groups is 1. The summed E-state index contributed by atoms with van der Waals surface area (Å²) in [6.07, 6.45) is 4.38. The van der Waals surface area contributed by atoms with Gasteiger partial charge in [-0.15, -0.1) is 5.10 Å². The second-order valence-electron chi connectivity index (χ2n) is 4.42. The van der Waals surface area contributed by atoms with Crippen LogP contribution in [0.4, 0.5) is 0 Å². The fourth-order valence-corrected chi connectivity index (χ4v) is 1.96. The molecule has 18 heavy (non-hydrogen) atoms. The summed E-state index contributed by atoms with van der Waals surface area (Å²) in [5.74, 6) is 0.0638. The van der Waals surface area contributed by atoms with Crippen LogP contribution in [0, 0.1) is 0 Å². The van der Waals surface area contributed by atoms with Crippen LogP contribution in [0.25, 0.3) is 0 Å².